The third kappa shape index (κ3) is 5.37. The highest BCUT2D eigenvalue weighted by molar-refractivity contribution is 6.08. The molecule has 0 bridgehead atoms. The van der Waals surface area contributed by atoms with Crippen molar-refractivity contribution in [2.45, 2.75) is 44.3 Å². The van der Waals surface area contributed by atoms with Gasteiger partial charge in [-0.2, -0.15) is 0 Å². The van der Waals surface area contributed by atoms with Crippen LogP contribution in [0.15, 0.2) is 67.0 Å². The minimum Gasteiger partial charge on any atom is -0.350 e. The van der Waals surface area contributed by atoms with Crippen LogP contribution in [0.4, 0.5) is 14.5 Å². The molecule has 3 aromatic heterocycles. The predicted octanol–water partition coefficient (Wildman–Crippen LogP) is 4.94. The molecule has 0 radical (unpaired) electrons. The van der Waals surface area contributed by atoms with Crippen LogP contribution in [0.1, 0.15) is 42.7 Å². The number of pyridine rings is 1. The summed E-state index contributed by atoms with van der Waals surface area (Å²) < 4.78 is 29.8. The molecule has 0 saturated carbocycles. The quantitative estimate of drug-likeness (QED) is 0.237. The fourth-order valence-corrected chi connectivity index (χ4v) is 6.82. The van der Waals surface area contributed by atoms with Crippen LogP contribution in [0.25, 0.3) is 32.8 Å². The number of H-pyrrole nitrogens is 1. The zero-order valence-corrected chi connectivity index (χ0v) is 26.8. The van der Waals surface area contributed by atoms with E-state index >= 15 is 0 Å². The lowest BCUT2D eigenvalue weighted by Crippen LogP contribution is -2.51. The van der Waals surface area contributed by atoms with Crippen LogP contribution in [-0.4, -0.2) is 78.3 Å². The Balaban J connectivity index is 1.19. The molecule has 0 aliphatic carbocycles. The average molecular weight is 664 g/mol. The third-order valence-corrected chi connectivity index (χ3v) is 9.30. The number of aromatic nitrogens is 5. The minimum atomic E-state index is -1.21. The molecule has 49 heavy (non-hydrogen) atoms. The number of carbonyl (C=O) groups excluding carboxylic acids is 3. The Morgan fingerprint density at radius 1 is 1.16 bits per heavy atom. The Morgan fingerprint density at radius 3 is 2.71 bits per heavy atom. The van der Waals surface area contributed by atoms with Gasteiger partial charge in [-0.1, -0.05) is 31.2 Å². The van der Waals surface area contributed by atoms with Crippen LogP contribution in [0.5, 0.6) is 0 Å². The van der Waals surface area contributed by atoms with Gasteiger partial charge < -0.3 is 15.2 Å². The number of benzene rings is 2. The van der Waals surface area contributed by atoms with Gasteiger partial charge in [-0.3, -0.25) is 24.1 Å². The number of rotatable bonds is 7. The van der Waals surface area contributed by atoms with Crippen molar-refractivity contribution in [1.29, 1.82) is 0 Å². The van der Waals surface area contributed by atoms with E-state index in [1.54, 1.807) is 35.3 Å². The van der Waals surface area contributed by atoms with Gasteiger partial charge in [0.05, 0.1) is 18.1 Å². The maximum Gasteiger partial charge on any atom is 0.302 e. The van der Waals surface area contributed by atoms with Crippen molar-refractivity contribution >= 4 is 34.3 Å². The molecule has 12 nitrogen and oxygen atoms in total. The second-order valence-corrected chi connectivity index (χ2v) is 12.9. The first-order valence-corrected chi connectivity index (χ1v) is 15.7. The second-order valence-electron chi connectivity index (χ2n) is 12.9. The number of amides is 3. The van der Waals surface area contributed by atoms with E-state index in [2.05, 4.69) is 30.4 Å². The SMILES string of the molecule is [C-]#[N+][C@@H]1C[C@@]2(CN1C(=O)[C@H](CC(C)C)N(C)C(=O)c1cc3c(F)cc(F)cc3[nH]1)C(=O)Nc1ccc(-c3cn(-c4ccccn4)nn3)cc12. The monoisotopic (exact) mass is 663 g/mol. The largest absolute Gasteiger partial charge is 0.350 e. The van der Waals surface area contributed by atoms with E-state index in [4.69, 9.17) is 6.57 Å². The van der Waals surface area contributed by atoms with Crippen LogP contribution in [0.3, 0.4) is 0 Å². The fraction of sp³-hybridized carbons (Fsp3) is 0.286. The smallest absolute Gasteiger partial charge is 0.302 e. The van der Waals surface area contributed by atoms with E-state index in [0.29, 0.717) is 28.3 Å². The first-order chi connectivity index (χ1) is 23.5. The number of hydrogen-bond donors (Lipinski definition) is 2. The lowest BCUT2D eigenvalue weighted by Gasteiger charge is -2.32. The van der Waals surface area contributed by atoms with Gasteiger partial charge in [-0.15, -0.1) is 5.10 Å². The maximum atomic E-state index is 14.4. The van der Waals surface area contributed by atoms with E-state index in [0.717, 1.165) is 12.1 Å². The van der Waals surface area contributed by atoms with Crippen molar-refractivity contribution in [3.63, 3.8) is 0 Å². The fourth-order valence-electron chi connectivity index (χ4n) is 6.82. The number of likely N-dealkylation sites (N-methyl/N-ethyl adjacent to an activating group) is 1. The number of nitrogens with zero attached hydrogens (tertiary/aromatic N) is 7. The van der Waals surface area contributed by atoms with Crippen molar-refractivity contribution in [3.8, 4) is 17.1 Å². The number of fused-ring (bicyclic) bond motifs is 3. The Labute approximate surface area is 279 Å². The summed E-state index contributed by atoms with van der Waals surface area (Å²) >= 11 is 0. The number of hydrogen-bond acceptors (Lipinski definition) is 6. The lowest BCUT2D eigenvalue weighted by molar-refractivity contribution is -0.136. The number of aromatic amines is 1. The number of anilines is 1. The van der Waals surface area contributed by atoms with Gasteiger partial charge in [-0.05, 0) is 54.3 Å². The van der Waals surface area contributed by atoms with Gasteiger partial charge in [-0.25, -0.2) is 25.0 Å². The highest BCUT2D eigenvalue weighted by Gasteiger charge is 2.59. The van der Waals surface area contributed by atoms with E-state index in [9.17, 15) is 23.2 Å². The van der Waals surface area contributed by atoms with Crippen molar-refractivity contribution in [2.24, 2.45) is 5.92 Å². The van der Waals surface area contributed by atoms with Crippen molar-refractivity contribution in [2.75, 3.05) is 18.9 Å². The van der Waals surface area contributed by atoms with Gasteiger partial charge in [0, 0.05) is 42.5 Å². The summed E-state index contributed by atoms with van der Waals surface area (Å²) in [6, 6.07) is 13.0. The molecular weight excluding hydrogens is 632 g/mol. The third-order valence-electron chi connectivity index (χ3n) is 9.30. The van der Waals surface area contributed by atoms with Gasteiger partial charge in [0.15, 0.2) is 5.82 Å². The minimum absolute atomic E-state index is 0.0141. The highest BCUT2D eigenvalue weighted by atomic mass is 19.1. The molecule has 2 aromatic carbocycles. The Kier molecular flexibility index (Phi) is 7.70. The summed E-state index contributed by atoms with van der Waals surface area (Å²) in [6.07, 6.45) is 2.73. The molecule has 1 spiro atoms. The zero-order valence-electron chi connectivity index (χ0n) is 26.8. The number of nitrogens with one attached hydrogen (secondary N) is 2. The molecule has 5 heterocycles. The van der Waals surface area contributed by atoms with Crippen LogP contribution in [0, 0.1) is 24.1 Å². The molecule has 2 N–H and O–H groups in total. The lowest BCUT2D eigenvalue weighted by atomic mass is 9.79. The molecule has 3 amide bonds. The van der Waals surface area contributed by atoms with Gasteiger partial charge in [0.25, 0.3) is 11.8 Å². The summed E-state index contributed by atoms with van der Waals surface area (Å²) in [7, 11) is 1.47. The predicted molar refractivity (Wildman–Crippen MR) is 175 cm³/mol. The van der Waals surface area contributed by atoms with E-state index in [-0.39, 0.29) is 47.8 Å². The van der Waals surface area contributed by atoms with Crippen molar-refractivity contribution in [3.05, 3.63) is 101 Å². The van der Waals surface area contributed by atoms with E-state index in [1.165, 1.54) is 22.9 Å². The summed E-state index contributed by atoms with van der Waals surface area (Å²) in [5.74, 6) is -2.45. The molecular formula is C35H31F2N9O3. The maximum absolute atomic E-state index is 14.4. The number of halogens is 2. The first-order valence-electron chi connectivity index (χ1n) is 15.7. The summed E-state index contributed by atoms with van der Waals surface area (Å²) in [6.45, 7) is 11.7. The second kappa shape index (κ2) is 11.9. The van der Waals surface area contributed by atoms with Crippen molar-refractivity contribution < 1.29 is 23.2 Å². The normalized spacial score (nSPS) is 18.9. The molecule has 3 atom stereocenters. The zero-order chi connectivity index (χ0) is 34.6. The average Bonchev–Trinajstić information content (AvgIpc) is 3.88. The van der Waals surface area contributed by atoms with Crippen LogP contribution in [-0.2, 0) is 15.0 Å². The molecule has 2 aliphatic heterocycles. The molecule has 2 aliphatic rings. The summed E-state index contributed by atoms with van der Waals surface area (Å²) in [5.41, 5.74) is 1.35. The van der Waals surface area contributed by atoms with Gasteiger partial charge >= 0.3 is 6.17 Å². The van der Waals surface area contributed by atoms with Gasteiger partial charge in [0.1, 0.15) is 34.5 Å². The first kappa shape index (κ1) is 31.6. The molecule has 5 aromatic rings. The summed E-state index contributed by atoms with van der Waals surface area (Å²) in [5, 5.41) is 11.5. The molecule has 1 saturated heterocycles. The Morgan fingerprint density at radius 2 is 1.98 bits per heavy atom. The molecule has 7 rings (SSSR count). The number of carbonyl (C=O) groups is 3. The Hall–Kier alpha value is -5.97. The standard InChI is InChI=1S/C35H31F2N9O3/c1-19(2)11-29(44(4)32(47)27-15-22-24(37)13-21(36)14-26(22)40-27)33(48)45-18-35(16-31(45)38-3)23-12-20(8-9-25(23)41-34(35)49)28-17-46(43-42-28)30-7-5-6-10-39-30/h5-10,12-15,17,19,29,31,40H,11,16,18H2,1-2,4H3,(H,41,49)/t29-,31-,35-/m0/s1. The topological polar surface area (TPSA) is 133 Å². The highest BCUT2D eigenvalue weighted by Crippen LogP contribution is 2.48. The molecule has 0 unspecified atom stereocenters. The van der Waals surface area contributed by atoms with Crippen LogP contribution < -0.4 is 5.32 Å². The van der Waals surface area contributed by atoms with E-state index < -0.39 is 41.1 Å². The van der Waals surface area contributed by atoms with Crippen LogP contribution >= 0.6 is 0 Å². The Bertz CT molecular complexity index is 2170. The van der Waals surface area contributed by atoms with E-state index in [1.807, 2.05) is 32.0 Å². The molecule has 14 heteroatoms. The van der Waals surface area contributed by atoms with Crippen LogP contribution in [0.2, 0.25) is 0 Å². The molecule has 248 valence electrons. The number of likely N-dealkylation sites (tertiary alicyclic amines) is 1. The van der Waals surface area contributed by atoms with Gasteiger partial charge in [0.2, 0.25) is 5.91 Å². The molecule has 1 fully saturated rings. The summed E-state index contributed by atoms with van der Waals surface area (Å²) in [4.78, 5) is 55.3. The van der Waals surface area contributed by atoms with Crippen molar-refractivity contribution in [1.82, 2.24) is 34.8 Å².